The molecule has 0 aliphatic carbocycles. The van der Waals surface area contributed by atoms with Crippen molar-refractivity contribution < 1.29 is 14.4 Å². The summed E-state index contributed by atoms with van der Waals surface area (Å²) in [6.45, 7) is 6.49. The van der Waals surface area contributed by atoms with Crippen LogP contribution in [0.3, 0.4) is 0 Å². The number of aryl methyl sites for hydroxylation is 2. The number of hydrogen-bond acceptors (Lipinski definition) is 4. The minimum Gasteiger partial charge on any atom is -0.376 e. The van der Waals surface area contributed by atoms with Crippen molar-refractivity contribution in [3.63, 3.8) is 0 Å². The van der Waals surface area contributed by atoms with Gasteiger partial charge in [0.1, 0.15) is 0 Å². The number of hydrogen-bond donors (Lipinski definition) is 3. The van der Waals surface area contributed by atoms with E-state index < -0.39 is 5.91 Å². The lowest BCUT2D eigenvalue weighted by molar-refractivity contribution is -0.120. The van der Waals surface area contributed by atoms with Gasteiger partial charge in [-0.05, 0) is 55.7 Å². The summed E-state index contributed by atoms with van der Waals surface area (Å²) >= 11 is 0. The number of amides is 3. The molecule has 0 bridgehead atoms. The molecule has 7 nitrogen and oxygen atoms in total. The smallest absolute Gasteiger partial charge is 0.269 e. The van der Waals surface area contributed by atoms with Gasteiger partial charge in [0.25, 0.3) is 11.8 Å². The molecule has 0 spiro atoms. The lowest BCUT2D eigenvalue weighted by atomic mass is 10.1. The highest BCUT2D eigenvalue weighted by Crippen LogP contribution is 2.29. The fourth-order valence-corrected chi connectivity index (χ4v) is 3.42. The summed E-state index contributed by atoms with van der Waals surface area (Å²) in [6, 6.07) is 11.1. The standard InChI is InChI=1S/C22H26N4O3/c1-4-21(28)26-10-9-16-12-17(6-8-19(16)26)22(29)25-24-20(27)13-23-18-7-5-14(2)11-15(18)3/h5-8,11-12,23H,4,9-10,13H2,1-3H3,(H,24,27)(H,25,29). The van der Waals surface area contributed by atoms with Crippen LogP contribution in [0, 0.1) is 13.8 Å². The number of nitrogens with zero attached hydrogens (tertiary/aromatic N) is 1. The van der Waals surface area contributed by atoms with Gasteiger partial charge in [0, 0.05) is 29.9 Å². The summed E-state index contributed by atoms with van der Waals surface area (Å²) in [4.78, 5) is 38.1. The largest absolute Gasteiger partial charge is 0.376 e. The van der Waals surface area contributed by atoms with Crippen LogP contribution in [0.25, 0.3) is 0 Å². The van der Waals surface area contributed by atoms with Gasteiger partial charge >= 0.3 is 0 Å². The third-order valence-corrected chi connectivity index (χ3v) is 4.98. The molecular formula is C22H26N4O3. The lowest BCUT2D eigenvalue weighted by Gasteiger charge is -2.16. The average Bonchev–Trinajstić information content (AvgIpc) is 3.14. The van der Waals surface area contributed by atoms with Crippen LogP contribution in [-0.2, 0) is 16.0 Å². The molecule has 1 aliphatic heterocycles. The van der Waals surface area contributed by atoms with Crippen LogP contribution in [0.2, 0.25) is 0 Å². The number of rotatable bonds is 5. The predicted molar refractivity (Wildman–Crippen MR) is 113 cm³/mol. The SMILES string of the molecule is CCC(=O)N1CCc2cc(C(=O)NNC(=O)CNc3ccc(C)cc3C)ccc21. The number of hydrazine groups is 1. The Labute approximate surface area is 170 Å². The maximum absolute atomic E-state index is 12.4. The maximum atomic E-state index is 12.4. The Hall–Kier alpha value is -3.35. The summed E-state index contributed by atoms with van der Waals surface area (Å²) < 4.78 is 0. The number of nitrogens with one attached hydrogen (secondary N) is 3. The van der Waals surface area contributed by atoms with E-state index in [-0.39, 0.29) is 18.4 Å². The first-order valence-electron chi connectivity index (χ1n) is 9.72. The molecule has 2 aromatic carbocycles. The van der Waals surface area contributed by atoms with Crippen LogP contribution in [0.15, 0.2) is 36.4 Å². The van der Waals surface area contributed by atoms with Gasteiger partial charge in [-0.1, -0.05) is 24.6 Å². The van der Waals surface area contributed by atoms with Gasteiger partial charge in [0.15, 0.2) is 0 Å². The molecule has 3 N–H and O–H groups in total. The fraction of sp³-hybridized carbons (Fsp3) is 0.318. The normalized spacial score (nSPS) is 12.3. The van der Waals surface area contributed by atoms with Gasteiger partial charge in [-0.2, -0.15) is 0 Å². The summed E-state index contributed by atoms with van der Waals surface area (Å²) in [5.74, 6) is -0.670. The van der Waals surface area contributed by atoms with Crippen LogP contribution < -0.4 is 21.1 Å². The minimum absolute atomic E-state index is 0.0441. The molecule has 1 aliphatic rings. The van der Waals surface area contributed by atoms with Crippen molar-refractivity contribution in [3.05, 3.63) is 58.7 Å². The zero-order valence-electron chi connectivity index (χ0n) is 17.0. The summed E-state index contributed by atoms with van der Waals surface area (Å²) in [7, 11) is 0. The number of fused-ring (bicyclic) bond motifs is 1. The van der Waals surface area contributed by atoms with Crippen LogP contribution >= 0.6 is 0 Å². The molecule has 152 valence electrons. The van der Waals surface area contributed by atoms with Crippen molar-refractivity contribution in [2.24, 2.45) is 0 Å². The van der Waals surface area contributed by atoms with E-state index in [9.17, 15) is 14.4 Å². The minimum atomic E-state index is -0.395. The Morgan fingerprint density at radius 3 is 2.55 bits per heavy atom. The third kappa shape index (κ3) is 4.74. The van der Waals surface area contributed by atoms with Gasteiger partial charge in [-0.25, -0.2) is 0 Å². The highest BCUT2D eigenvalue weighted by atomic mass is 16.2. The van der Waals surface area contributed by atoms with Crippen LogP contribution in [0.4, 0.5) is 11.4 Å². The van der Waals surface area contributed by atoms with Crippen molar-refractivity contribution in [1.29, 1.82) is 0 Å². The number of carbonyl (C=O) groups excluding carboxylic acids is 3. The first kappa shape index (κ1) is 20.4. The number of carbonyl (C=O) groups is 3. The molecular weight excluding hydrogens is 368 g/mol. The first-order valence-corrected chi connectivity index (χ1v) is 9.72. The first-order chi connectivity index (χ1) is 13.9. The second kappa shape index (κ2) is 8.77. The monoisotopic (exact) mass is 394 g/mol. The molecule has 0 saturated carbocycles. The Morgan fingerprint density at radius 1 is 1.03 bits per heavy atom. The zero-order chi connectivity index (χ0) is 21.0. The molecule has 2 aromatic rings. The molecule has 0 unspecified atom stereocenters. The highest BCUT2D eigenvalue weighted by Gasteiger charge is 2.24. The van der Waals surface area contributed by atoms with Gasteiger partial charge in [-0.3, -0.25) is 25.2 Å². The Morgan fingerprint density at radius 2 is 1.83 bits per heavy atom. The molecule has 7 heteroatoms. The molecule has 0 fully saturated rings. The second-order valence-electron chi connectivity index (χ2n) is 7.17. The summed E-state index contributed by atoms with van der Waals surface area (Å²) in [5, 5.41) is 3.06. The third-order valence-electron chi connectivity index (χ3n) is 4.98. The van der Waals surface area contributed by atoms with Crippen LogP contribution in [0.5, 0.6) is 0 Å². The van der Waals surface area contributed by atoms with Gasteiger partial charge in [0.2, 0.25) is 5.91 Å². The lowest BCUT2D eigenvalue weighted by Crippen LogP contribution is -2.44. The van der Waals surface area contributed by atoms with E-state index in [1.807, 2.05) is 39.0 Å². The second-order valence-corrected chi connectivity index (χ2v) is 7.17. The van der Waals surface area contributed by atoms with Gasteiger partial charge < -0.3 is 10.2 Å². The molecule has 0 aromatic heterocycles. The van der Waals surface area contributed by atoms with Crippen LogP contribution in [-0.4, -0.2) is 30.8 Å². The maximum Gasteiger partial charge on any atom is 0.269 e. The quantitative estimate of drug-likeness (QED) is 0.680. The number of anilines is 2. The molecule has 0 atom stereocenters. The molecule has 29 heavy (non-hydrogen) atoms. The Balaban J connectivity index is 1.53. The van der Waals surface area contributed by atoms with Gasteiger partial charge in [-0.15, -0.1) is 0 Å². The molecule has 3 rings (SSSR count). The number of benzene rings is 2. The van der Waals surface area contributed by atoms with E-state index in [4.69, 9.17) is 0 Å². The van der Waals surface area contributed by atoms with Crippen molar-refractivity contribution >= 4 is 29.1 Å². The summed E-state index contributed by atoms with van der Waals surface area (Å²) in [6.07, 6.45) is 1.16. The van der Waals surface area contributed by atoms with Crippen LogP contribution in [0.1, 0.15) is 40.4 Å². The van der Waals surface area contributed by atoms with E-state index in [2.05, 4.69) is 16.2 Å². The van der Waals surface area contributed by atoms with E-state index in [0.717, 1.165) is 28.1 Å². The van der Waals surface area contributed by atoms with Crippen molar-refractivity contribution in [3.8, 4) is 0 Å². The van der Waals surface area contributed by atoms with Crippen molar-refractivity contribution in [1.82, 2.24) is 10.9 Å². The topological polar surface area (TPSA) is 90.5 Å². The molecule has 0 saturated heterocycles. The van der Waals surface area contributed by atoms with E-state index >= 15 is 0 Å². The van der Waals surface area contributed by atoms with Crippen molar-refractivity contribution in [2.45, 2.75) is 33.6 Å². The predicted octanol–water partition coefficient (Wildman–Crippen LogP) is 2.48. The fourth-order valence-electron chi connectivity index (χ4n) is 3.42. The zero-order valence-corrected chi connectivity index (χ0v) is 17.0. The van der Waals surface area contributed by atoms with E-state index in [1.54, 1.807) is 23.1 Å². The highest BCUT2D eigenvalue weighted by molar-refractivity contribution is 5.99. The van der Waals surface area contributed by atoms with Gasteiger partial charge in [0.05, 0.1) is 6.54 Å². The molecule has 3 amide bonds. The Bertz CT molecular complexity index is 955. The van der Waals surface area contributed by atoms with E-state index in [0.29, 0.717) is 24.9 Å². The molecule has 1 heterocycles. The average molecular weight is 394 g/mol. The summed E-state index contributed by atoms with van der Waals surface area (Å²) in [5.41, 5.74) is 10.2. The van der Waals surface area contributed by atoms with E-state index in [1.165, 1.54) is 0 Å². The Kier molecular flexibility index (Phi) is 6.16. The van der Waals surface area contributed by atoms with Crippen molar-refractivity contribution in [2.75, 3.05) is 23.3 Å². The molecule has 0 radical (unpaired) electrons.